The van der Waals surface area contributed by atoms with Crippen LogP contribution in [0.15, 0.2) is 47.6 Å². The van der Waals surface area contributed by atoms with Gasteiger partial charge in [-0.05, 0) is 36.2 Å². The van der Waals surface area contributed by atoms with E-state index in [1.165, 1.54) is 23.1 Å². The highest BCUT2D eigenvalue weighted by Gasteiger charge is 2.09. The van der Waals surface area contributed by atoms with Crippen LogP contribution in [-0.2, 0) is 6.42 Å². The van der Waals surface area contributed by atoms with Crippen LogP contribution in [0.5, 0.6) is 11.8 Å². The van der Waals surface area contributed by atoms with E-state index in [-0.39, 0.29) is 0 Å². The van der Waals surface area contributed by atoms with Gasteiger partial charge >= 0.3 is 6.01 Å². The van der Waals surface area contributed by atoms with Gasteiger partial charge in [0.15, 0.2) is 0 Å². The molecule has 1 aromatic carbocycles. The first kappa shape index (κ1) is 18.7. The monoisotopic (exact) mass is 384 g/mol. The van der Waals surface area contributed by atoms with Crippen molar-refractivity contribution in [2.45, 2.75) is 6.42 Å². The molecule has 0 spiro atoms. The van der Waals surface area contributed by atoms with Crippen molar-refractivity contribution < 1.29 is 14.7 Å². The average Bonchev–Trinajstić information content (AvgIpc) is 3.17. The first-order valence-electron chi connectivity index (χ1n) is 8.29. The van der Waals surface area contributed by atoms with Gasteiger partial charge in [-0.25, -0.2) is 0 Å². The summed E-state index contributed by atoms with van der Waals surface area (Å²) in [7, 11) is 3.20. The lowest BCUT2D eigenvalue weighted by Crippen LogP contribution is -2.07. The smallest absolute Gasteiger partial charge is 0.318 e. The van der Waals surface area contributed by atoms with Crippen LogP contribution in [0.3, 0.4) is 0 Å². The second-order valence-electron chi connectivity index (χ2n) is 5.60. The highest BCUT2D eigenvalue weighted by atomic mass is 32.1. The summed E-state index contributed by atoms with van der Waals surface area (Å²) in [5.41, 5.74) is 1.95. The molecule has 27 heavy (non-hydrogen) atoms. The standard InChI is InChI=1S/C19H20N4O3S/c1-25-14-5-3-13(4-6-14)9-10-20-18-11-16(22-19(23-18)26-2)17-8-7-15(27-17)12-21-24/h3-8,11-12,24H,9-10H2,1-2H3,(H,20,22,23)/b21-12-. The van der Waals surface area contributed by atoms with Gasteiger partial charge in [-0.15, -0.1) is 11.3 Å². The number of nitrogens with one attached hydrogen (secondary N) is 1. The van der Waals surface area contributed by atoms with E-state index >= 15 is 0 Å². The van der Waals surface area contributed by atoms with Crippen molar-refractivity contribution in [3.05, 3.63) is 52.9 Å². The largest absolute Gasteiger partial charge is 0.497 e. The zero-order valence-electron chi connectivity index (χ0n) is 15.0. The van der Waals surface area contributed by atoms with E-state index in [1.807, 2.05) is 42.5 Å². The van der Waals surface area contributed by atoms with Gasteiger partial charge in [-0.1, -0.05) is 17.3 Å². The zero-order valence-corrected chi connectivity index (χ0v) is 15.9. The second-order valence-corrected chi connectivity index (χ2v) is 6.71. The molecule has 0 amide bonds. The maximum atomic E-state index is 8.66. The van der Waals surface area contributed by atoms with Gasteiger partial charge in [0.1, 0.15) is 11.6 Å². The molecule has 2 heterocycles. The minimum Gasteiger partial charge on any atom is -0.497 e. The quantitative estimate of drug-likeness (QED) is 0.350. The SMILES string of the molecule is COc1ccc(CCNc2cc(-c3ccc(/C=N\O)s3)nc(OC)n2)cc1. The number of hydrogen-bond donors (Lipinski definition) is 2. The Hall–Kier alpha value is -3.13. The normalized spacial score (nSPS) is 10.9. The molecule has 0 aliphatic rings. The molecule has 0 fully saturated rings. The molecule has 0 aliphatic heterocycles. The first-order valence-corrected chi connectivity index (χ1v) is 9.11. The molecule has 2 N–H and O–H groups in total. The van der Waals surface area contributed by atoms with Crippen molar-refractivity contribution in [3.63, 3.8) is 0 Å². The fraction of sp³-hybridized carbons (Fsp3) is 0.211. The van der Waals surface area contributed by atoms with E-state index in [0.29, 0.717) is 11.8 Å². The van der Waals surface area contributed by atoms with Crippen LogP contribution >= 0.6 is 11.3 Å². The minimum atomic E-state index is 0.297. The zero-order chi connectivity index (χ0) is 19.1. The Bertz CT molecular complexity index is 910. The summed E-state index contributed by atoms with van der Waals surface area (Å²) in [6, 6.07) is 13.9. The lowest BCUT2D eigenvalue weighted by molar-refractivity contribution is 0.322. The van der Waals surface area contributed by atoms with Crippen molar-refractivity contribution >= 4 is 23.4 Å². The highest BCUT2D eigenvalue weighted by molar-refractivity contribution is 7.17. The summed E-state index contributed by atoms with van der Waals surface area (Å²) >= 11 is 1.47. The van der Waals surface area contributed by atoms with Crippen LogP contribution in [0.25, 0.3) is 10.6 Å². The summed E-state index contributed by atoms with van der Waals surface area (Å²) in [5.74, 6) is 1.54. The Morgan fingerprint density at radius 1 is 1.11 bits per heavy atom. The van der Waals surface area contributed by atoms with E-state index < -0.39 is 0 Å². The summed E-state index contributed by atoms with van der Waals surface area (Å²) in [6.07, 6.45) is 2.24. The Kier molecular flexibility index (Phi) is 6.22. The van der Waals surface area contributed by atoms with Gasteiger partial charge in [0.2, 0.25) is 0 Å². The van der Waals surface area contributed by atoms with Gasteiger partial charge in [0, 0.05) is 17.5 Å². The molecule has 3 aromatic rings. The van der Waals surface area contributed by atoms with Crippen molar-refractivity contribution in [2.75, 3.05) is 26.1 Å². The lowest BCUT2D eigenvalue weighted by Gasteiger charge is -2.09. The van der Waals surface area contributed by atoms with Crippen molar-refractivity contribution in [3.8, 4) is 22.3 Å². The van der Waals surface area contributed by atoms with Crippen LogP contribution in [0, 0.1) is 0 Å². The third-order valence-corrected chi connectivity index (χ3v) is 4.87. The van der Waals surface area contributed by atoms with Gasteiger partial charge in [-0.3, -0.25) is 0 Å². The van der Waals surface area contributed by atoms with Crippen LogP contribution in [0.4, 0.5) is 5.82 Å². The van der Waals surface area contributed by atoms with Crippen LogP contribution in [0.1, 0.15) is 10.4 Å². The summed E-state index contributed by atoms with van der Waals surface area (Å²) in [4.78, 5) is 10.5. The number of benzene rings is 1. The molecule has 7 nitrogen and oxygen atoms in total. The van der Waals surface area contributed by atoms with Gasteiger partial charge in [0.25, 0.3) is 0 Å². The average molecular weight is 384 g/mol. The predicted molar refractivity (Wildman–Crippen MR) is 106 cm³/mol. The molecular formula is C19H20N4O3S. The lowest BCUT2D eigenvalue weighted by atomic mass is 10.1. The fourth-order valence-electron chi connectivity index (χ4n) is 2.48. The van der Waals surface area contributed by atoms with Crippen LogP contribution < -0.4 is 14.8 Å². The summed E-state index contributed by atoms with van der Waals surface area (Å²) in [5, 5.41) is 15.0. The molecule has 0 unspecified atom stereocenters. The second kappa shape index (κ2) is 9.00. The minimum absolute atomic E-state index is 0.297. The van der Waals surface area contributed by atoms with E-state index in [0.717, 1.165) is 34.2 Å². The molecule has 0 saturated carbocycles. The molecule has 8 heteroatoms. The van der Waals surface area contributed by atoms with E-state index in [4.69, 9.17) is 14.7 Å². The molecule has 0 saturated heterocycles. The van der Waals surface area contributed by atoms with Gasteiger partial charge in [0.05, 0.1) is 31.0 Å². The topological polar surface area (TPSA) is 88.9 Å². The third-order valence-electron chi connectivity index (χ3n) is 3.83. The Labute approximate surface area is 161 Å². The molecule has 140 valence electrons. The number of nitrogens with zero attached hydrogens (tertiary/aromatic N) is 3. The van der Waals surface area contributed by atoms with Crippen LogP contribution in [-0.4, -0.2) is 42.2 Å². The predicted octanol–water partition coefficient (Wildman–Crippen LogP) is 3.69. The molecule has 0 radical (unpaired) electrons. The Morgan fingerprint density at radius 2 is 1.93 bits per heavy atom. The number of ether oxygens (including phenoxy) is 2. The Morgan fingerprint density at radius 3 is 2.63 bits per heavy atom. The maximum Gasteiger partial charge on any atom is 0.318 e. The Balaban J connectivity index is 1.70. The molecule has 0 aliphatic carbocycles. The number of methoxy groups -OCH3 is 2. The summed E-state index contributed by atoms with van der Waals surface area (Å²) < 4.78 is 10.4. The third kappa shape index (κ3) is 4.95. The first-order chi connectivity index (χ1) is 13.2. The number of oxime groups is 1. The van der Waals surface area contributed by atoms with Crippen molar-refractivity contribution in [1.29, 1.82) is 0 Å². The molecule has 0 bridgehead atoms. The maximum absolute atomic E-state index is 8.66. The number of rotatable bonds is 8. The van der Waals surface area contributed by atoms with E-state index in [1.54, 1.807) is 14.2 Å². The van der Waals surface area contributed by atoms with Gasteiger partial charge in [-0.2, -0.15) is 9.97 Å². The van der Waals surface area contributed by atoms with Crippen LogP contribution in [0.2, 0.25) is 0 Å². The molecule has 0 atom stereocenters. The van der Waals surface area contributed by atoms with E-state index in [2.05, 4.69) is 20.4 Å². The van der Waals surface area contributed by atoms with Gasteiger partial charge < -0.3 is 20.0 Å². The number of hydrogen-bond acceptors (Lipinski definition) is 8. The van der Waals surface area contributed by atoms with E-state index in [9.17, 15) is 0 Å². The summed E-state index contributed by atoms with van der Waals surface area (Å²) in [6.45, 7) is 0.721. The number of aromatic nitrogens is 2. The molecular weight excluding hydrogens is 364 g/mol. The van der Waals surface area contributed by atoms with Crippen molar-refractivity contribution in [2.24, 2.45) is 5.16 Å². The fourth-order valence-corrected chi connectivity index (χ4v) is 3.31. The number of anilines is 1. The molecule has 3 rings (SSSR count). The van der Waals surface area contributed by atoms with Crippen molar-refractivity contribution in [1.82, 2.24) is 9.97 Å². The highest BCUT2D eigenvalue weighted by Crippen LogP contribution is 2.28. The number of thiophene rings is 1. The molecule has 2 aromatic heterocycles.